The van der Waals surface area contributed by atoms with E-state index in [9.17, 15) is 9.18 Å². The summed E-state index contributed by atoms with van der Waals surface area (Å²) in [5.74, 6) is -0.311. The van der Waals surface area contributed by atoms with Crippen molar-refractivity contribution in [3.05, 3.63) is 29.6 Å². The molecule has 1 aliphatic rings. The minimum Gasteiger partial charge on any atom is -0.327 e. The molecule has 1 aliphatic carbocycles. The monoisotopic (exact) mass is 264 g/mol. The van der Waals surface area contributed by atoms with Crippen molar-refractivity contribution in [3.8, 4) is 0 Å². The van der Waals surface area contributed by atoms with Crippen molar-refractivity contribution in [2.75, 3.05) is 5.32 Å². The van der Waals surface area contributed by atoms with Crippen LogP contribution in [0.25, 0.3) is 0 Å². The lowest BCUT2D eigenvalue weighted by atomic mass is 9.83. The first kappa shape index (κ1) is 14.0. The molecule has 1 aromatic rings. The Bertz CT molecular complexity index is 461. The molecule has 0 aliphatic heterocycles. The third kappa shape index (κ3) is 3.77. The van der Waals surface area contributed by atoms with E-state index in [1.54, 1.807) is 12.1 Å². The largest absolute Gasteiger partial charge is 0.327 e. The van der Waals surface area contributed by atoms with Crippen LogP contribution in [0.15, 0.2) is 18.2 Å². The molecule has 1 fully saturated rings. The first-order valence-electron chi connectivity index (χ1n) is 6.88. The van der Waals surface area contributed by atoms with Gasteiger partial charge in [-0.2, -0.15) is 0 Å². The highest BCUT2D eigenvalue weighted by molar-refractivity contribution is 5.91. The molecule has 3 nitrogen and oxygen atoms in total. The number of amides is 1. The number of nitrogens with one attached hydrogen (secondary N) is 1. The Morgan fingerprint density at radius 1 is 1.42 bits per heavy atom. The predicted octanol–water partition coefficient (Wildman–Crippen LogP) is 2.98. The van der Waals surface area contributed by atoms with Crippen LogP contribution in [0.4, 0.5) is 10.1 Å². The van der Waals surface area contributed by atoms with Crippen LogP contribution in [0.3, 0.4) is 0 Å². The van der Waals surface area contributed by atoms with Gasteiger partial charge in [0.15, 0.2) is 0 Å². The molecule has 0 saturated heterocycles. The molecule has 2 unspecified atom stereocenters. The van der Waals surface area contributed by atoms with Crippen molar-refractivity contribution in [1.82, 2.24) is 0 Å². The van der Waals surface area contributed by atoms with Crippen LogP contribution in [0.5, 0.6) is 0 Å². The summed E-state index contributed by atoms with van der Waals surface area (Å²) in [4.78, 5) is 11.9. The van der Waals surface area contributed by atoms with Crippen LogP contribution in [0.1, 0.15) is 37.7 Å². The van der Waals surface area contributed by atoms with Crippen molar-refractivity contribution in [2.24, 2.45) is 11.7 Å². The highest BCUT2D eigenvalue weighted by Crippen LogP contribution is 2.26. The lowest BCUT2D eigenvalue weighted by molar-refractivity contribution is -0.117. The average molecular weight is 264 g/mol. The Labute approximate surface area is 113 Å². The summed E-state index contributed by atoms with van der Waals surface area (Å²) in [7, 11) is 0. The summed E-state index contributed by atoms with van der Waals surface area (Å²) in [5.41, 5.74) is 7.10. The number of hydrogen-bond acceptors (Lipinski definition) is 2. The van der Waals surface area contributed by atoms with E-state index in [2.05, 4.69) is 5.32 Å². The van der Waals surface area contributed by atoms with Crippen molar-refractivity contribution < 1.29 is 9.18 Å². The van der Waals surface area contributed by atoms with Gasteiger partial charge in [-0.1, -0.05) is 18.9 Å². The standard InChI is InChI=1S/C15H21FN2O/c1-10-6-7-14(12(16)8-10)18-15(19)9-11-4-2-3-5-13(11)17/h6-8,11,13H,2-5,9,17H2,1H3,(H,18,19). The zero-order chi connectivity index (χ0) is 13.8. The van der Waals surface area contributed by atoms with E-state index in [1.165, 1.54) is 6.07 Å². The topological polar surface area (TPSA) is 55.1 Å². The number of aryl methyl sites for hydroxylation is 1. The second-order valence-electron chi connectivity index (χ2n) is 5.44. The molecule has 0 heterocycles. The molecule has 4 heteroatoms. The Hall–Kier alpha value is -1.42. The molecule has 2 atom stereocenters. The Balaban J connectivity index is 1.93. The molecule has 19 heavy (non-hydrogen) atoms. The Morgan fingerprint density at radius 2 is 2.16 bits per heavy atom. The quantitative estimate of drug-likeness (QED) is 0.881. The van der Waals surface area contributed by atoms with Crippen molar-refractivity contribution in [1.29, 1.82) is 0 Å². The maximum absolute atomic E-state index is 13.6. The number of hydrogen-bond donors (Lipinski definition) is 2. The van der Waals surface area contributed by atoms with Crippen LogP contribution < -0.4 is 11.1 Å². The molecule has 0 bridgehead atoms. The highest BCUT2D eigenvalue weighted by atomic mass is 19.1. The van der Waals surface area contributed by atoms with Crippen molar-refractivity contribution >= 4 is 11.6 Å². The van der Waals surface area contributed by atoms with Crippen LogP contribution in [0, 0.1) is 18.7 Å². The van der Waals surface area contributed by atoms with Gasteiger partial charge in [-0.3, -0.25) is 4.79 Å². The van der Waals surface area contributed by atoms with E-state index in [0.717, 1.165) is 31.2 Å². The third-order valence-electron chi connectivity index (χ3n) is 3.81. The normalized spacial score (nSPS) is 23.1. The lowest BCUT2D eigenvalue weighted by Gasteiger charge is -2.27. The van der Waals surface area contributed by atoms with Gasteiger partial charge < -0.3 is 11.1 Å². The second kappa shape index (κ2) is 6.15. The minimum atomic E-state index is -0.388. The van der Waals surface area contributed by atoms with Crippen LogP contribution >= 0.6 is 0 Å². The van der Waals surface area contributed by atoms with Gasteiger partial charge in [0.1, 0.15) is 5.82 Å². The van der Waals surface area contributed by atoms with E-state index in [4.69, 9.17) is 5.73 Å². The summed E-state index contributed by atoms with van der Waals surface area (Å²) < 4.78 is 13.6. The summed E-state index contributed by atoms with van der Waals surface area (Å²) in [5, 5.41) is 2.64. The molecule has 1 saturated carbocycles. The summed E-state index contributed by atoms with van der Waals surface area (Å²) in [6.07, 6.45) is 4.63. The molecule has 1 aromatic carbocycles. The Morgan fingerprint density at radius 3 is 2.84 bits per heavy atom. The fourth-order valence-corrected chi connectivity index (χ4v) is 2.65. The fourth-order valence-electron chi connectivity index (χ4n) is 2.65. The number of benzene rings is 1. The Kier molecular flexibility index (Phi) is 4.53. The van der Waals surface area contributed by atoms with Crippen LogP contribution in [-0.2, 0) is 4.79 Å². The van der Waals surface area contributed by atoms with Gasteiger partial charge in [0.25, 0.3) is 0 Å². The molecule has 0 radical (unpaired) electrons. The number of rotatable bonds is 3. The van der Waals surface area contributed by atoms with Crippen LogP contribution in [0.2, 0.25) is 0 Å². The number of carbonyl (C=O) groups excluding carboxylic acids is 1. The molecule has 2 rings (SSSR count). The van der Waals surface area contributed by atoms with E-state index in [1.807, 2.05) is 6.92 Å². The molecule has 0 spiro atoms. The van der Waals surface area contributed by atoms with E-state index < -0.39 is 0 Å². The second-order valence-corrected chi connectivity index (χ2v) is 5.44. The minimum absolute atomic E-state index is 0.0994. The maximum atomic E-state index is 13.6. The van der Waals surface area contributed by atoms with Gasteiger partial charge in [-0.15, -0.1) is 0 Å². The molecule has 3 N–H and O–H groups in total. The van der Waals surface area contributed by atoms with Gasteiger partial charge in [0.05, 0.1) is 5.69 Å². The number of anilines is 1. The number of nitrogens with two attached hydrogens (primary N) is 1. The average Bonchev–Trinajstić information content (AvgIpc) is 2.36. The van der Waals surface area contributed by atoms with Gasteiger partial charge in [-0.05, 0) is 43.4 Å². The zero-order valence-electron chi connectivity index (χ0n) is 11.3. The van der Waals surface area contributed by atoms with Crippen molar-refractivity contribution in [2.45, 2.75) is 45.1 Å². The molecule has 1 amide bonds. The van der Waals surface area contributed by atoms with E-state index in [-0.39, 0.29) is 29.4 Å². The first-order valence-corrected chi connectivity index (χ1v) is 6.88. The number of halogens is 1. The highest BCUT2D eigenvalue weighted by Gasteiger charge is 2.24. The maximum Gasteiger partial charge on any atom is 0.224 e. The van der Waals surface area contributed by atoms with Gasteiger partial charge in [-0.25, -0.2) is 4.39 Å². The van der Waals surface area contributed by atoms with E-state index >= 15 is 0 Å². The van der Waals surface area contributed by atoms with Crippen LogP contribution in [-0.4, -0.2) is 11.9 Å². The van der Waals surface area contributed by atoms with Gasteiger partial charge in [0, 0.05) is 12.5 Å². The summed E-state index contributed by atoms with van der Waals surface area (Å²) in [6, 6.07) is 4.90. The predicted molar refractivity (Wildman–Crippen MR) is 74.3 cm³/mol. The molecular weight excluding hydrogens is 243 g/mol. The molecule has 0 aromatic heterocycles. The lowest BCUT2D eigenvalue weighted by Crippen LogP contribution is -2.35. The summed E-state index contributed by atoms with van der Waals surface area (Å²) >= 11 is 0. The summed E-state index contributed by atoms with van der Waals surface area (Å²) in [6.45, 7) is 1.82. The third-order valence-corrected chi connectivity index (χ3v) is 3.81. The van der Waals surface area contributed by atoms with E-state index in [0.29, 0.717) is 6.42 Å². The molecule has 104 valence electrons. The smallest absolute Gasteiger partial charge is 0.224 e. The van der Waals surface area contributed by atoms with Crippen molar-refractivity contribution in [3.63, 3.8) is 0 Å². The zero-order valence-corrected chi connectivity index (χ0v) is 11.3. The van der Waals surface area contributed by atoms with Gasteiger partial charge in [0.2, 0.25) is 5.91 Å². The molecular formula is C15H21FN2O. The fraction of sp³-hybridized carbons (Fsp3) is 0.533. The first-order chi connectivity index (χ1) is 9.06. The van der Waals surface area contributed by atoms with Gasteiger partial charge >= 0.3 is 0 Å². The number of carbonyl (C=O) groups is 1. The SMILES string of the molecule is Cc1ccc(NC(=O)CC2CCCCC2N)c(F)c1.